The second kappa shape index (κ2) is 6.09. The van der Waals surface area contributed by atoms with Crippen molar-refractivity contribution in [1.82, 2.24) is 9.80 Å². The zero-order chi connectivity index (χ0) is 15.7. The summed E-state index contributed by atoms with van der Waals surface area (Å²) in [6, 6.07) is 5.67. The minimum Gasteiger partial charge on any atom is -0.324 e. The van der Waals surface area contributed by atoms with Gasteiger partial charge in [-0.05, 0) is 56.6 Å². The molecule has 2 heterocycles. The fourth-order valence-electron chi connectivity index (χ4n) is 3.77. The summed E-state index contributed by atoms with van der Waals surface area (Å²) in [5.41, 5.74) is 2.27. The number of benzene rings is 1. The van der Waals surface area contributed by atoms with Gasteiger partial charge in [0, 0.05) is 35.8 Å². The Morgan fingerprint density at radius 2 is 2.09 bits per heavy atom. The molecule has 2 aliphatic rings. The van der Waals surface area contributed by atoms with E-state index < -0.39 is 0 Å². The first-order chi connectivity index (χ1) is 10.5. The van der Waals surface area contributed by atoms with E-state index in [0.717, 1.165) is 50.3 Å². The number of anilines is 1. The molecule has 0 radical (unpaired) electrons. The summed E-state index contributed by atoms with van der Waals surface area (Å²) in [6.07, 6.45) is 3.17. The van der Waals surface area contributed by atoms with E-state index in [0.29, 0.717) is 10.4 Å². The third kappa shape index (κ3) is 3.08. The first-order valence-electron chi connectivity index (χ1n) is 8.04. The van der Waals surface area contributed by atoms with Crippen LogP contribution in [0.3, 0.4) is 0 Å². The molecule has 1 atom stereocenters. The largest absolute Gasteiger partial charge is 0.324 e. The Kier molecular flexibility index (Phi) is 4.33. The molecule has 1 N–H and O–H groups in total. The van der Waals surface area contributed by atoms with E-state index in [1.54, 1.807) is 0 Å². The van der Waals surface area contributed by atoms with Gasteiger partial charge in [-0.15, -0.1) is 0 Å². The number of carbonyl (C=O) groups excluding carboxylic acids is 1. The van der Waals surface area contributed by atoms with Crippen molar-refractivity contribution in [2.24, 2.45) is 5.41 Å². The normalized spacial score (nSPS) is 25.1. The van der Waals surface area contributed by atoms with Crippen LogP contribution in [0.4, 0.5) is 10.5 Å². The van der Waals surface area contributed by atoms with Gasteiger partial charge in [0.15, 0.2) is 0 Å². The summed E-state index contributed by atoms with van der Waals surface area (Å²) < 4.78 is 0. The van der Waals surface area contributed by atoms with Crippen LogP contribution in [0.25, 0.3) is 0 Å². The van der Waals surface area contributed by atoms with E-state index in [9.17, 15) is 4.79 Å². The topological polar surface area (TPSA) is 35.6 Å². The summed E-state index contributed by atoms with van der Waals surface area (Å²) >= 11 is 6.03. The highest BCUT2D eigenvalue weighted by atomic mass is 35.5. The molecule has 2 aliphatic heterocycles. The van der Waals surface area contributed by atoms with Crippen LogP contribution in [0, 0.1) is 5.41 Å². The van der Waals surface area contributed by atoms with Crippen LogP contribution in [0.15, 0.2) is 18.2 Å². The van der Waals surface area contributed by atoms with Crippen LogP contribution in [0.1, 0.15) is 25.3 Å². The van der Waals surface area contributed by atoms with Gasteiger partial charge in [-0.3, -0.25) is 0 Å². The summed E-state index contributed by atoms with van der Waals surface area (Å²) in [5, 5.41) is 3.77. The molecule has 1 aromatic carbocycles. The lowest BCUT2D eigenvalue weighted by Crippen LogP contribution is -2.36. The Labute approximate surface area is 137 Å². The van der Waals surface area contributed by atoms with Gasteiger partial charge in [0.05, 0.1) is 0 Å². The number of likely N-dealkylation sites (tertiary alicyclic amines) is 2. The Morgan fingerprint density at radius 3 is 2.77 bits per heavy atom. The third-order valence-corrected chi connectivity index (χ3v) is 5.28. The van der Waals surface area contributed by atoms with E-state index >= 15 is 0 Å². The number of hydrogen-bond acceptors (Lipinski definition) is 2. The number of aryl methyl sites for hydroxylation is 1. The molecule has 120 valence electrons. The lowest BCUT2D eigenvalue weighted by molar-refractivity contribution is 0.212. The SMILES string of the molecule is CCc1cc(Cl)ccc1NC(=O)N1CC[C@@]2(CCN(C)C2)C1. The lowest BCUT2D eigenvalue weighted by Gasteiger charge is -2.24. The molecule has 0 aliphatic carbocycles. The molecule has 0 unspecified atom stereocenters. The number of urea groups is 1. The van der Waals surface area contributed by atoms with Crippen molar-refractivity contribution in [3.8, 4) is 0 Å². The van der Waals surface area contributed by atoms with Crippen molar-refractivity contribution < 1.29 is 4.79 Å². The van der Waals surface area contributed by atoms with Crippen LogP contribution in [-0.4, -0.2) is 49.1 Å². The van der Waals surface area contributed by atoms with Crippen LogP contribution in [0.5, 0.6) is 0 Å². The van der Waals surface area contributed by atoms with Crippen molar-refractivity contribution in [2.75, 3.05) is 38.5 Å². The second-order valence-electron chi connectivity index (χ2n) is 6.74. The van der Waals surface area contributed by atoms with E-state index in [2.05, 4.69) is 24.2 Å². The monoisotopic (exact) mass is 321 g/mol. The second-order valence-corrected chi connectivity index (χ2v) is 7.18. The zero-order valence-electron chi connectivity index (χ0n) is 13.4. The number of nitrogens with zero attached hydrogens (tertiary/aromatic N) is 2. The van der Waals surface area contributed by atoms with Crippen molar-refractivity contribution in [3.05, 3.63) is 28.8 Å². The lowest BCUT2D eigenvalue weighted by atomic mass is 9.86. The Balaban J connectivity index is 1.66. The van der Waals surface area contributed by atoms with Crippen molar-refractivity contribution in [1.29, 1.82) is 0 Å². The van der Waals surface area contributed by atoms with Gasteiger partial charge < -0.3 is 15.1 Å². The van der Waals surface area contributed by atoms with Gasteiger partial charge in [0.2, 0.25) is 0 Å². The number of nitrogens with one attached hydrogen (secondary N) is 1. The molecular formula is C17H24ClN3O. The number of carbonyl (C=O) groups is 1. The van der Waals surface area contributed by atoms with E-state index in [1.165, 1.54) is 6.42 Å². The molecular weight excluding hydrogens is 298 g/mol. The summed E-state index contributed by atoms with van der Waals surface area (Å²) in [5.74, 6) is 0. The molecule has 0 bridgehead atoms. The van der Waals surface area contributed by atoms with E-state index in [1.807, 2.05) is 23.1 Å². The maximum absolute atomic E-state index is 12.6. The smallest absolute Gasteiger partial charge is 0.321 e. The standard InChI is InChI=1S/C17H24ClN3O/c1-3-13-10-14(18)4-5-15(13)19-16(22)21-9-7-17(12-21)6-8-20(2)11-17/h4-5,10H,3,6-9,11-12H2,1-2H3,(H,19,22)/t17-/m1/s1. The van der Waals surface area contributed by atoms with Gasteiger partial charge in [0.25, 0.3) is 0 Å². The Morgan fingerprint density at radius 1 is 1.32 bits per heavy atom. The highest BCUT2D eigenvalue weighted by Gasteiger charge is 2.43. The molecule has 22 heavy (non-hydrogen) atoms. The maximum Gasteiger partial charge on any atom is 0.321 e. The van der Waals surface area contributed by atoms with Crippen LogP contribution >= 0.6 is 11.6 Å². The number of hydrogen-bond donors (Lipinski definition) is 1. The molecule has 2 amide bonds. The molecule has 0 saturated carbocycles. The van der Waals surface area contributed by atoms with Gasteiger partial charge in [-0.2, -0.15) is 0 Å². The molecule has 3 rings (SSSR count). The Bertz CT molecular complexity index is 577. The van der Waals surface area contributed by atoms with Crippen molar-refractivity contribution in [3.63, 3.8) is 0 Å². The first-order valence-corrected chi connectivity index (χ1v) is 8.42. The van der Waals surface area contributed by atoms with Gasteiger partial charge >= 0.3 is 6.03 Å². The average Bonchev–Trinajstić information content (AvgIpc) is 3.07. The van der Waals surface area contributed by atoms with Crippen molar-refractivity contribution in [2.45, 2.75) is 26.2 Å². The minimum atomic E-state index is 0.0171. The number of amides is 2. The average molecular weight is 322 g/mol. The van der Waals surface area contributed by atoms with E-state index in [4.69, 9.17) is 11.6 Å². The van der Waals surface area contributed by atoms with Crippen LogP contribution < -0.4 is 5.32 Å². The van der Waals surface area contributed by atoms with Crippen LogP contribution in [0.2, 0.25) is 5.02 Å². The fraction of sp³-hybridized carbons (Fsp3) is 0.588. The van der Waals surface area contributed by atoms with Gasteiger partial charge in [0.1, 0.15) is 0 Å². The molecule has 1 aromatic rings. The first kappa shape index (κ1) is 15.6. The number of rotatable bonds is 2. The summed E-state index contributed by atoms with van der Waals surface area (Å²) in [7, 11) is 2.17. The molecule has 2 fully saturated rings. The predicted molar refractivity (Wildman–Crippen MR) is 90.6 cm³/mol. The van der Waals surface area contributed by atoms with E-state index in [-0.39, 0.29) is 6.03 Å². The highest BCUT2D eigenvalue weighted by molar-refractivity contribution is 6.30. The van der Waals surface area contributed by atoms with Crippen molar-refractivity contribution >= 4 is 23.3 Å². The minimum absolute atomic E-state index is 0.0171. The third-order valence-electron chi connectivity index (χ3n) is 5.04. The number of halogens is 1. The quantitative estimate of drug-likeness (QED) is 0.905. The van der Waals surface area contributed by atoms with Gasteiger partial charge in [-0.1, -0.05) is 18.5 Å². The van der Waals surface area contributed by atoms with Gasteiger partial charge in [-0.25, -0.2) is 4.79 Å². The highest BCUT2D eigenvalue weighted by Crippen LogP contribution is 2.39. The van der Waals surface area contributed by atoms with Crippen LogP contribution in [-0.2, 0) is 6.42 Å². The molecule has 2 saturated heterocycles. The fourth-order valence-corrected chi connectivity index (χ4v) is 3.97. The maximum atomic E-state index is 12.6. The molecule has 5 heteroatoms. The molecule has 0 aromatic heterocycles. The predicted octanol–water partition coefficient (Wildman–Crippen LogP) is 3.46. The summed E-state index contributed by atoms with van der Waals surface area (Å²) in [6.45, 7) is 6.05. The summed E-state index contributed by atoms with van der Waals surface area (Å²) in [4.78, 5) is 16.9. The zero-order valence-corrected chi connectivity index (χ0v) is 14.1. The molecule has 1 spiro atoms. The molecule has 4 nitrogen and oxygen atoms in total. The Hall–Kier alpha value is -1.26.